The molecule has 1 heterocycles. The first kappa shape index (κ1) is 14.8. The minimum atomic E-state index is -0.144. The van der Waals surface area contributed by atoms with E-state index in [2.05, 4.69) is 13.8 Å². The molecule has 4 heteroatoms. The Kier molecular flexibility index (Phi) is 4.02. The van der Waals surface area contributed by atoms with Gasteiger partial charge in [0.15, 0.2) is 0 Å². The van der Waals surface area contributed by atoms with Crippen LogP contribution in [-0.4, -0.2) is 28.5 Å². The minimum Gasteiger partial charge on any atom is -0.339 e. The maximum atomic E-state index is 12.4. The van der Waals surface area contributed by atoms with Gasteiger partial charge in [-0.15, -0.1) is 0 Å². The Labute approximate surface area is 120 Å². The standard InChI is InChI=1S/C16H24N2O2/c1-16(2)8-5-13(6-9-16)18(4)15(20)12-7-10-17(3)14(19)11-12/h7,10-11,13H,5-6,8-9H2,1-4H3. The fraction of sp³-hybridized carbons (Fsp3) is 0.625. The van der Waals surface area contributed by atoms with E-state index in [1.54, 1.807) is 19.3 Å². The Hall–Kier alpha value is -1.58. The molecule has 0 unspecified atom stereocenters. The van der Waals surface area contributed by atoms with Crippen LogP contribution in [0.25, 0.3) is 0 Å². The Morgan fingerprint density at radius 1 is 1.35 bits per heavy atom. The molecule has 0 aliphatic heterocycles. The van der Waals surface area contributed by atoms with Gasteiger partial charge in [0, 0.05) is 38.0 Å². The van der Waals surface area contributed by atoms with Gasteiger partial charge in [0.1, 0.15) is 0 Å². The van der Waals surface area contributed by atoms with Crippen LogP contribution in [0.4, 0.5) is 0 Å². The molecule has 1 aliphatic rings. The molecule has 0 N–H and O–H groups in total. The number of rotatable bonds is 2. The first-order valence-corrected chi connectivity index (χ1v) is 7.24. The molecule has 0 radical (unpaired) electrons. The van der Waals surface area contributed by atoms with Gasteiger partial charge in [-0.3, -0.25) is 9.59 Å². The molecule has 1 aromatic heterocycles. The van der Waals surface area contributed by atoms with Crippen LogP contribution in [0.2, 0.25) is 0 Å². The number of hydrogen-bond donors (Lipinski definition) is 0. The lowest BCUT2D eigenvalue weighted by atomic mass is 9.75. The first-order chi connectivity index (χ1) is 9.30. The van der Waals surface area contributed by atoms with Crippen LogP contribution < -0.4 is 5.56 Å². The van der Waals surface area contributed by atoms with E-state index in [1.807, 2.05) is 11.9 Å². The lowest BCUT2D eigenvalue weighted by molar-refractivity contribution is 0.0635. The van der Waals surface area contributed by atoms with Gasteiger partial charge in [-0.2, -0.15) is 0 Å². The van der Waals surface area contributed by atoms with Crippen molar-refractivity contribution < 1.29 is 4.79 Å². The normalized spacial score (nSPS) is 18.8. The highest BCUT2D eigenvalue weighted by atomic mass is 16.2. The van der Waals surface area contributed by atoms with E-state index in [1.165, 1.54) is 10.6 Å². The van der Waals surface area contributed by atoms with E-state index in [-0.39, 0.29) is 11.5 Å². The molecule has 0 aromatic carbocycles. The van der Waals surface area contributed by atoms with E-state index >= 15 is 0 Å². The summed E-state index contributed by atoms with van der Waals surface area (Å²) in [4.78, 5) is 25.9. The van der Waals surface area contributed by atoms with Gasteiger partial charge in [-0.25, -0.2) is 0 Å². The van der Waals surface area contributed by atoms with Crippen molar-refractivity contribution in [3.8, 4) is 0 Å². The van der Waals surface area contributed by atoms with Crippen molar-refractivity contribution in [3.05, 3.63) is 34.2 Å². The fourth-order valence-electron chi connectivity index (χ4n) is 2.82. The third kappa shape index (κ3) is 3.11. The molecule has 4 nitrogen and oxygen atoms in total. The number of pyridine rings is 1. The van der Waals surface area contributed by atoms with Gasteiger partial charge in [0.25, 0.3) is 11.5 Å². The van der Waals surface area contributed by atoms with Crippen molar-refractivity contribution in [2.45, 2.75) is 45.6 Å². The highest BCUT2D eigenvalue weighted by Gasteiger charge is 2.30. The molecule has 1 aliphatic carbocycles. The largest absolute Gasteiger partial charge is 0.339 e. The maximum Gasteiger partial charge on any atom is 0.254 e. The van der Waals surface area contributed by atoms with E-state index in [0.717, 1.165) is 25.7 Å². The summed E-state index contributed by atoms with van der Waals surface area (Å²) >= 11 is 0. The van der Waals surface area contributed by atoms with Crippen molar-refractivity contribution >= 4 is 5.91 Å². The Morgan fingerprint density at radius 2 is 1.95 bits per heavy atom. The molecule has 20 heavy (non-hydrogen) atoms. The van der Waals surface area contributed by atoms with Gasteiger partial charge in [0.2, 0.25) is 0 Å². The SMILES string of the molecule is CN(C(=O)c1ccn(C)c(=O)c1)C1CCC(C)(C)CC1. The van der Waals surface area contributed by atoms with Crippen LogP contribution in [0, 0.1) is 5.41 Å². The number of amides is 1. The number of aryl methyl sites for hydroxylation is 1. The van der Waals surface area contributed by atoms with Gasteiger partial charge >= 0.3 is 0 Å². The van der Waals surface area contributed by atoms with Crippen molar-refractivity contribution in [1.82, 2.24) is 9.47 Å². The topological polar surface area (TPSA) is 42.3 Å². The average Bonchev–Trinajstić information content (AvgIpc) is 2.40. The van der Waals surface area contributed by atoms with E-state index in [9.17, 15) is 9.59 Å². The van der Waals surface area contributed by atoms with Crippen molar-refractivity contribution in [2.75, 3.05) is 7.05 Å². The molecule has 110 valence electrons. The molecule has 1 aromatic rings. The van der Waals surface area contributed by atoms with Crippen molar-refractivity contribution in [3.63, 3.8) is 0 Å². The molecule has 2 rings (SSSR count). The van der Waals surface area contributed by atoms with E-state index in [4.69, 9.17) is 0 Å². The first-order valence-electron chi connectivity index (χ1n) is 7.24. The summed E-state index contributed by atoms with van der Waals surface area (Å²) in [5.74, 6) is -0.0487. The summed E-state index contributed by atoms with van der Waals surface area (Å²) in [6, 6.07) is 3.43. The van der Waals surface area contributed by atoms with Crippen LogP contribution >= 0.6 is 0 Å². The number of hydrogen-bond acceptors (Lipinski definition) is 2. The summed E-state index contributed by atoms with van der Waals surface area (Å²) in [7, 11) is 3.53. The highest BCUT2D eigenvalue weighted by molar-refractivity contribution is 5.94. The third-order valence-corrected chi connectivity index (χ3v) is 4.53. The van der Waals surface area contributed by atoms with E-state index in [0.29, 0.717) is 17.0 Å². The molecule has 0 spiro atoms. The Bertz CT molecular complexity index is 550. The fourth-order valence-corrected chi connectivity index (χ4v) is 2.82. The van der Waals surface area contributed by atoms with Crippen molar-refractivity contribution in [1.29, 1.82) is 0 Å². The predicted octanol–water partition coefficient (Wildman–Crippen LogP) is 2.43. The molecule has 0 saturated heterocycles. The summed E-state index contributed by atoms with van der Waals surface area (Å²) in [5.41, 5.74) is 0.734. The number of carbonyl (C=O) groups excluding carboxylic acids is 1. The van der Waals surface area contributed by atoms with Gasteiger partial charge in [-0.1, -0.05) is 13.8 Å². The van der Waals surface area contributed by atoms with Gasteiger partial charge in [-0.05, 0) is 37.2 Å². The second-order valence-electron chi connectivity index (χ2n) is 6.68. The average molecular weight is 276 g/mol. The molecule has 1 amide bonds. The lowest BCUT2D eigenvalue weighted by Gasteiger charge is -2.38. The highest BCUT2D eigenvalue weighted by Crippen LogP contribution is 2.36. The monoisotopic (exact) mass is 276 g/mol. The summed E-state index contributed by atoms with van der Waals surface area (Å²) < 4.78 is 1.47. The predicted molar refractivity (Wildman–Crippen MR) is 79.8 cm³/mol. The van der Waals surface area contributed by atoms with Crippen LogP contribution in [0.15, 0.2) is 23.1 Å². The maximum absolute atomic E-state index is 12.4. The number of aromatic nitrogens is 1. The minimum absolute atomic E-state index is 0.0487. The van der Waals surface area contributed by atoms with Gasteiger partial charge < -0.3 is 9.47 Å². The van der Waals surface area contributed by atoms with Crippen LogP contribution in [0.5, 0.6) is 0 Å². The summed E-state index contributed by atoms with van der Waals surface area (Å²) in [6.45, 7) is 4.57. The molecule has 0 bridgehead atoms. The van der Waals surface area contributed by atoms with Gasteiger partial charge in [0.05, 0.1) is 0 Å². The quantitative estimate of drug-likeness (QED) is 0.832. The lowest BCUT2D eigenvalue weighted by Crippen LogP contribution is -2.41. The molecule has 1 fully saturated rings. The van der Waals surface area contributed by atoms with Crippen LogP contribution in [-0.2, 0) is 7.05 Å². The summed E-state index contributed by atoms with van der Waals surface area (Å²) in [5, 5.41) is 0. The second kappa shape index (κ2) is 5.43. The zero-order chi connectivity index (χ0) is 14.9. The zero-order valence-electron chi connectivity index (χ0n) is 12.8. The molecular weight excluding hydrogens is 252 g/mol. The zero-order valence-corrected chi connectivity index (χ0v) is 12.8. The molecule has 1 saturated carbocycles. The van der Waals surface area contributed by atoms with Crippen LogP contribution in [0.3, 0.4) is 0 Å². The van der Waals surface area contributed by atoms with Crippen molar-refractivity contribution in [2.24, 2.45) is 12.5 Å². The molecular formula is C16H24N2O2. The third-order valence-electron chi connectivity index (χ3n) is 4.53. The Balaban J connectivity index is 2.09. The van der Waals surface area contributed by atoms with E-state index < -0.39 is 0 Å². The Morgan fingerprint density at radius 3 is 2.50 bits per heavy atom. The number of nitrogens with zero attached hydrogens (tertiary/aromatic N) is 2. The summed E-state index contributed by atoms with van der Waals surface area (Å²) in [6.07, 6.45) is 6.02. The molecule has 0 atom stereocenters. The second-order valence-corrected chi connectivity index (χ2v) is 6.68. The number of carbonyl (C=O) groups is 1. The smallest absolute Gasteiger partial charge is 0.254 e. The van der Waals surface area contributed by atoms with Crippen LogP contribution in [0.1, 0.15) is 49.9 Å².